The molecule has 3 aliphatic rings. The molecule has 2 atom stereocenters. The standard InChI is InChI=1S/C16H24.C10H22.C9H20O.C9H20.C9H18.C8H18O.C8H16.C8H14.C8H18.C7H15Cl.C7H14O.C6H12.C6H14.C6H12.C2H6.CH4/c1-9(2)10(3)16-14(7)12(5)11(4)13(6)15(16)8;1-5-6-7-8-9-10(2,3)4;1-8(2)6-5-7-9(3,4)10;2*1-8(2)6-5-7-9(3)4;1-7(2)5-4-6-8(3)9;2*1-7(2)3-4-8-5-6-8;1-4-5-6-7-8(2)3;1-4-7(5-8)6(2)3;1-7(2)5-4-6-8-3;1-5(2)6-3-4-6;2*1-4-5-6(2)3;1-2;/h9H,3H2,1-2,4-8H3;5-9H2,1-4H3;8,10H,5-7H2,1-4H3;8-9H,5-7H2,1-4H3;5-6,8-9H,7H2,1-4H3;7-9H,4-6H2,1-3H3;7-8H,3-6H2,1-2H3;3-4,7-8H,5-6H2,1-2H3;8H,4-7H2,1-3H3;6-7H,4-5H2,1-3H3;4-5,7H,6H2,1-3H3;5-6H,3-4H2,1-2H3;6H,4-5H2,1-3H3;4-6H,1-3H3;1-2H3;1H4/b;;;;6-5+;;;4-3+;;;5-4+;;;5-4+;;. The van der Waals surface area contributed by atoms with Crippen LogP contribution in [0.3, 0.4) is 0 Å². The van der Waals surface area contributed by atoms with Gasteiger partial charge in [0.25, 0.3) is 0 Å². The Morgan fingerprint density at radius 1 is 0.444 bits per heavy atom. The summed E-state index contributed by atoms with van der Waals surface area (Å²) in [6, 6.07) is 0. The highest BCUT2D eigenvalue weighted by atomic mass is 35.5. The maximum atomic E-state index is 9.33. The van der Waals surface area contributed by atoms with Crippen LogP contribution in [0.1, 0.15) is 531 Å². The van der Waals surface area contributed by atoms with Crippen LogP contribution < -0.4 is 0 Å². The molecule has 4 rings (SSSR count). The van der Waals surface area contributed by atoms with Crippen LogP contribution in [-0.4, -0.2) is 41.5 Å². The highest BCUT2D eigenvalue weighted by Gasteiger charge is 2.24. The van der Waals surface area contributed by atoms with Gasteiger partial charge in [0, 0.05) is 13.0 Å². The van der Waals surface area contributed by atoms with Crippen LogP contribution in [0.2, 0.25) is 0 Å². The predicted molar refractivity (Wildman–Crippen MR) is 587 cm³/mol. The lowest BCUT2D eigenvalue weighted by molar-refractivity contribution is 0.0672. The van der Waals surface area contributed by atoms with Crippen LogP contribution in [-0.2, 0) is 4.74 Å². The van der Waals surface area contributed by atoms with Crippen LogP contribution in [0.5, 0.6) is 0 Å². The lowest BCUT2D eigenvalue weighted by Gasteiger charge is -2.22. The highest BCUT2D eigenvalue weighted by molar-refractivity contribution is 6.18. The Hall–Kier alpha value is -1.91. The first-order chi connectivity index (χ1) is 56.8. The number of aliphatic hydroxyl groups is 2. The van der Waals surface area contributed by atoms with E-state index < -0.39 is 5.60 Å². The minimum absolute atomic E-state index is 0. The zero-order valence-electron chi connectivity index (χ0n) is 94.7. The smallest absolute Gasteiger partial charge is 0.0643 e. The molecule has 0 radical (unpaired) electrons. The molecule has 3 fully saturated rings. The van der Waals surface area contributed by atoms with E-state index in [0.29, 0.717) is 23.2 Å². The summed E-state index contributed by atoms with van der Waals surface area (Å²) in [5.41, 5.74) is 9.80. The average Bonchev–Trinajstić information content (AvgIpc) is 1.55. The van der Waals surface area contributed by atoms with Gasteiger partial charge in [0.2, 0.25) is 0 Å². The highest BCUT2D eigenvalue weighted by Crippen LogP contribution is 2.37. The van der Waals surface area contributed by atoms with Gasteiger partial charge in [-0.2, -0.15) is 0 Å². The molecule has 0 bridgehead atoms. The Morgan fingerprint density at radius 3 is 1.07 bits per heavy atom. The summed E-state index contributed by atoms with van der Waals surface area (Å²) in [6.07, 6.45) is 57.9. The van der Waals surface area contributed by atoms with E-state index in [-0.39, 0.29) is 13.5 Å². The van der Waals surface area contributed by atoms with Gasteiger partial charge in [-0.1, -0.05) is 474 Å². The SMILES string of the molecule is C.C/C=C/C(C)C.C=C(c1c(C)c(C)c(C)c(C)c1C)C(C)C.CC.CC(C)/C=C/C1CC1.CC(C)/C=C/CC(C)C.CC(C)C1CC1.CC(C)CCC1CC1.CC(C)CCCC(C)(C)O.CC(C)CCCC(C)C.CC(C)CCCC(C)O.CCC(CCl)C(C)C.CCCC(C)C.CCCCCC(C)C.CCCCCCC(C)(C)C.COC/C=C/C(C)C. The Balaban J connectivity index is -0.000000109. The van der Waals surface area contributed by atoms with Gasteiger partial charge in [-0.15, -0.1) is 11.6 Å². The number of halogens is 1. The Kier molecular flexibility index (Phi) is 119. The van der Waals surface area contributed by atoms with Gasteiger partial charge >= 0.3 is 0 Å². The number of benzene rings is 1. The molecule has 1 aromatic carbocycles. The van der Waals surface area contributed by atoms with Gasteiger partial charge in [-0.3, -0.25) is 0 Å². The van der Waals surface area contributed by atoms with E-state index in [1.165, 1.54) is 206 Å². The molecule has 4 heteroatoms. The Morgan fingerprint density at radius 2 is 0.823 bits per heavy atom. The Labute approximate surface area is 797 Å². The molecule has 0 heterocycles. The summed E-state index contributed by atoms with van der Waals surface area (Å²) >= 11 is 5.66. The quantitative estimate of drug-likeness (QED) is 0.0391. The van der Waals surface area contributed by atoms with Crippen molar-refractivity contribution in [2.24, 2.45) is 118 Å². The van der Waals surface area contributed by atoms with E-state index in [4.69, 9.17) is 21.4 Å². The number of ether oxygens (including phenoxy) is 1. The first-order valence-corrected chi connectivity index (χ1v) is 53.2. The average molecular weight is 1770 g/mol. The molecule has 0 saturated heterocycles. The topological polar surface area (TPSA) is 49.7 Å². The maximum Gasteiger partial charge on any atom is 0.0643 e. The van der Waals surface area contributed by atoms with E-state index in [0.717, 1.165) is 133 Å². The largest absolute Gasteiger partial charge is 0.393 e. The van der Waals surface area contributed by atoms with Crippen molar-refractivity contribution in [2.75, 3.05) is 19.6 Å². The molecule has 0 amide bonds. The van der Waals surface area contributed by atoms with Crippen molar-refractivity contribution in [1.82, 2.24) is 0 Å². The van der Waals surface area contributed by atoms with Crippen LogP contribution in [0.15, 0.2) is 55.2 Å². The minimum atomic E-state index is -0.463. The van der Waals surface area contributed by atoms with Gasteiger partial charge in [0.05, 0.1) is 18.3 Å². The van der Waals surface area contributed by atoms with Gasteiger partial charge in [-0.25, -0.2) is 0 Å². The van der Waals surface area contributed by atoms with Crippen molar-refractivity contribution in [3.8, 4) is 0 Å². The fourth-order valence-electron chi connectivity index (χ4n) is 12.0. The van der Waals surface area contributed by atoms with Gasteiger partial charge in [0.1, 0.15) is 0 Å². The first-order valence-electron chi connectivity index (χ1n) is 52.7. The molecule has 3 aliphatic carbocycles. The number of rotatable bonds is 40. The molecular weight excluding hydrogens is 1520 g/mol. The van der Waals surface area contributed by atoms with Crippen LogP contribution in [0.4, 0.5) is 0 Å². The van der Waals surface area contributed by atoms with Crippen LogP contribution in [0.25, 0.3) is 5.57 Å². The molecule has 3 saturated carbocycles. The van der Waals surface area contributed by atoms with E-state index in [1.54, 1.807) is 7.11 Å². The Bertz CT molecular complexity index is 2280. The molecule has 752 valence electrons. The van der Waals surface area contributed by atoms with E-state index in [9.17, 15) is 5.11 Å². The van der Waals surface area contributed by atoms with Crippen LogP contribution >= 0.6 is 11.6 Å². The molecule has 3 nitrogen and oxygen atoms in total. The number of hydrogen-bond donors (Lipinski definition) is 2. The molecule has 0 aliphatic heterocycles. The normalized spacial score (nSPS) is 13.3. The molecule has 124 heavy (non-hydrogen) atoms. The predicted octanol–water partition coefficient (Wildman–Crippen LogP) is 42.2. The minimum Gasteiger partial charge on any atom is -0.393 e. The lowest BCUT2D eigenvalue weighted by Crippen LogP contribution is -2.18. The van der Waals surface area contributed by atoms with Gasteiger partial charge in [-0.05, 0) is 270 Å². The number of aliphatic hydroxyl groups excluding tert-OH is 1. The number of methoxy groups -OCH3 is 1. The summed E-state index contributed by atoms with van der Waals surface area (Å²) in [4.78, 5) is 0. The third kappa shape index (κ3) is 143. The number of unbranched alkanes of at least 4 members (excludes halogenated alkanes) is 5. The molecule has 0 spiro atoms. The second kappa shape index (κ2) is 100. The zero-order chi connectivity index (χ0) is 98.6. The second-order valence-electron chi connectivity index (χ2n) is 44.3. The number of allylic oxidation sites excluding steroid dienone is 8. The first kappa shape index (κ1) is 148. The van der Waals surface area contributed by atoms with Crippen molar-refractivity contribution < 1.29 is 14.9 Å². The number of hydrogen-bond acceptors (Lipinski definition) is 3. The molecule has 1 aromatic rings. The van der Waals surface area contributed by atoms with Gasteiger partial charge < -0.3 is 14.9 Å². The van der Waals surface area contributed by atoms with Crippen molar-refractivity contribution >= 4 is 17.2 Å². The lowest BCUT2D eigenvalue weighted by atomic mass is 9.83. The van der Waals surface area contributed by atoms with Crippen molar-refractivity contribution in [1.29, 1.82) is 0 Å². The van der Waals surface area contributed by atoms with E-state index in [1.807, 2.05) is 47.6 Å². The molecule has 2 N–H and O–H groups in total. The zero-order valence-corrected chi connectivity index (χ0v) is 95.4. The van der Waals surface area contributed by atoms with Crippen LogP contribution in [0, 0.1) is 152 Å². The number of alkyl halides is 1. The second-order valence-corrected chi connectivity index (χ2v) is 44.7. The maximum absolute atomic E-state index is 9.33. The molecular formula is C120H247ClO3. The third-order valence-electron chi connectivity index (χ3n) is 21.5. The summed E-state index contributed by atoms with van der Waals surface area (Å²) in [5, 5.41) is 18.2. The van der Waals surface area contributed by atoms with Crippen molar-refractivity contribution in [3.05, 3.63) is 88.6 Å². The van der Waals surface area contributed by atoms with Crippen molar-refractivity contribution in [2.45, 2.75) is 544 Å². The monoisotopic (exact) mass is 1770 g/mol. The molecule has 2 unspecified atom stereocenters. The molecule has 0 aromatic heterocycles. The summed E-state index contributed by atoms with van der Waals surface area (Å²) < 4.78 is 4.81. The summed E-state index contributed by atoms with van der Waals surface area (Å²) in [5.74, 6) is 16.6. The summed E-state index contributed by atoms with van der Waals surface area (Å²) in [6.45, 7) is 111. The fraction of sp³-hybridized carbons (Fsp3) is 0.867. The third-order valence-corrected chi connectivity index (χ3v) is 21.9. The van der Waals surface area contributed by atoms with E-state index >= 15 is 0 Å². The van der Waals surface area contributed by atoms with Crippen molar-refractivity contribution in [3.63, 3.8) is 0 Å². The summed E-state index contributed by atoms with van der Waals surface area (Å²) in [7, 11) is 1.70. The van der Waals surface area contributed by atoms with E-state index in [2.05, 4.69) is 340 Å². The fourth-order valence-corrected chi connectivity index (χ4v) is 12.6. The van der Waals surface area contributed by atoms with Gasteiger partial charge in [0.15, 0.2) is 0 Å².